The van der Waals surface area contributed by atoms with Crippen molar-refractivity contribution in [2.24, 2.45) is 4.99 Å². The van der Waals surface area contributed by atoms with Crippen molar-refractivity contribution >= 4 is 5.71 Å². The summed E-state index contributed by atoms with van der Waals surface area (Å²) in [4.78, 5) is 4.66. The van der Waals surface area contributed by atoms with Gasteiger partial charge in [0.1, 0.15) is 11.5 Å². The monoisotopic (exact) mass is 279 g/mol. The molecular formula is C16H27N2O2. The van der Waals surface area contributed by atoms with Gasteiger partial charge in [-0.3, -0.25) is 4.99 Å². The van der Waals surface area contributed by atoms with E-state index >= 15 is 0 Å². The van der Waals surface area contributed by atoms with E-state index in [1.54, 1.807) is 14.2 Å². The van der Waals surface area contributed by atoms with Crippen molar-refractivity contribution in [2.45, 2.75) is 32.7 Å². The number of hydrogen-bond donors (Lipinski definition) is 1. The van der Waals surface area contributed by atoms with Crippen LogP contribution in [0.5, 0.6) is 0 Å². The van der Waals surface area contributed by atoms with Gasteiger partial charge in [-0.15, -0.1) is 0 Å². The summed E-state index contributed by atoms with van der Waals surface area (Å²) in [6, 6.07) is 0.533. The van der Waals surface area contributed by atoms with E-state index in [0.29, 0.717) is 6.04 Å². The van der Waals surface area contributed by atoms with Crippen LogP contribution in [0, 0.1) is 6.42 Å². The summed E-state index contributed by atoms with van der Waals surface area (Å²) in [5.41, 5.74) is 3.10. The second-order valence-corrected chi connectivity index (χ2v) is 5.22. The fourth-order valence-electron chi connectivity index (χ4n) is 2.25. The highest BCUT2D eigenvalue weighted by molar-refractivity contribution is 6.14. The molecular weight excluding hydrogens is 252 g/mol. The van der Waals surface area contributed by atoms with Gasteiger partial charge in [-0.05, 0) is 25.5 Å². The van der Waals surface area contributed by atoms with Crippen LogP contribution in [0.1, 0.15) is 29.5 Å². The Bertz CT molecular complexity index is 494. The summed E-state index contributed by atoms with van der Waals surface area (Å²) in [5.74, 6) is 1.60. The largest absolute Gasteiger partial charge is 0.500 e. The van der Waals surface area contributed by atoms with E-state index in [1.165, 1.54) is 0 Å². The van der Waals surface area contributed by atoms with Crippen molar-refractivity contribution in [3.63, 3.8) is 0 Å². The molecule has 0 amide bonds. The second kappa shape index (κ2) is 6.75. The maximum absolute atomic E-state index is 5.41. The molecule has 2 rings (SSSR count). The number of methoxy groups -OCH3 is 2. The Kier molecular flexibility index (Phi) is 5.01. The quantitative estimate of drug-likeness (QED) is 0.727. The highest BCUT2D eigenvalue weighted by Gasteiger charge is 2.24. The van der Waals surface area contributed by atoms with E-state index in [9.17, 15) is 0 Å². The molecule has 1 aliphatic heterocycles. The van der Waals surface area contributed by atoms with Gasteiger partial charge in [0.05, 0.1) is 26.4 Å². The third-order valence-corrected chi connectivity index (χ3v) is 3.29. The summed E-state index contributed by atoms with van der Waals surface area (Å²) in [7, 11) is 3.33. The Morgan fingerprint density at radius 2 is 2.05 bits per heavy atom. The molecule has 0 atom stereocenters. The lowest BCUT2D eigenvalue weighted by Crippen LogP contribution is -2.23. The van der Waals surface area contributed by atoms with Gasteiger partial charge in [0.25, 0.3) is 0 Å². The number of hydrogen-bond acceptors (Lipinski definition) is 4. The molecule has 20 heavy (non-hydrogen) atoms. The Labute approximate surface area is 124 Å². The molecule has 0 saturated carbocycles. The molecule has 0 fully saturated rings. The average molecular weight is 279 g/mol. The van der Waals surface area contributed by atoms with Gasteiger partial charge < -0.3 is 14.8 Å². The van der Waals surface area contributed by atoms with Gasteiger partial charge in [0, 0.05) is 26.2 Å². The Morgan fingerprint density at radius 1 is 1.25 bits per heavy atom. The summed E-state index contributed by atoms with van der Waals surface area (Å²) in [5, 5.41) is 3.42. The third kappa shape index (κ3) is 3.51. The maximum atomic E-state index is 5.41. The third-order valence-electron chi connectivity index (χ3n) is 3.29. The molecule has 4 nitrogen and oxygen atoms in total. The van der Waals surface area contributed by atoms with Crippen LogP contribution in [0.3, 0.4) is 0 Å². The van der Waals surface area contributed by atoms with Crippen molar-refractivity contribution < 1.29 is 12.3 Å². The molecule has 113 valence electrons. The average Bonchev–Trinajstić information content (AvgIpc) is 2.84. The number of nitrogens with one attached hydrogen (secondary N) is 1. The first-order chi connectivity index (χ1) is 9.63. The number of allylic oxidation sites excluding steroid dienone is 4. The number of rotatable bonds is 7. The summed E-state index contributed by atoms with van der Waals surface area (Å²) in [6.45, 7) is 5.33. The Hall–Kier alpha value is -1.55. The molecule has 0 unspecified atom stereocenters. The highest BCUT2D eigenvalue weighted by atomic mass is 16.5. The smallest absolute Gasteiger partial charge is 0.117 e. The molecule has 2 aliphatic rings. The standard InChI is InChI=1S/C16H23N2O2.2H2/c1-11(2)17-7-5-6-12-8-14-15(18-12)9-13(19-3)10-16(14)20-4;;/h8-11,17H,5-7H2,1-4H3;2*1H. The first-order valence-corrected chi connectivity index (χ1v) is 7.05. The summed E-state index contributed by atoms with van der Waals surface area (Å²) >= 11 is 0. The fourth-order valence-corrected chi connectivity index (χ4v) is 2.25. The minimum absolute atomic E-state index is 0. The van der Waals surface area contributed by atoms with Crippen LogP contribution in [-0.2, 0) is 9.47 Å². The molecule has 1 aliphatic carbocycles. The predicted octanol–water partition coefficient (Wildman–Crippen LogP) is 3.24. The first-order valence-electron chi connectivity index (χ1n) is 7.05. The zero-order chi connectivity index (χ0) is 14.5. The lowest BCUT2D eigenvalue weighted by atomic mass is 10.0. The molecule has 0 saturated heterocycles. The van der Waals surface area contributed by atoms with Gasteiger partial charge in [0.15, 0.2) is 0 Å². The Balaban J connectivity index is 0.00000220. The van der Waals surface area contributed by atoms with Crippen LogP contribution < -0.4 is 5.32 Å². The molecule has 1 N–H and O–H groups in total. The normalized spacial score (nSPS) is 17.8. The fraction of sp³-hybridized carbons (Fsp3) is 0.500. The number of ether oxygens (including phenoxy) is 2. The van der Waals surface area contributed by atoms with E-state index in [2.05, 4.69) is 30.2 Å². The maximum Gasteiger partial charge on any atom is 0.117 e. The lowest BCUT2D eigenvalue weighted by molar-refractivity contribution is 0.265. The topological polar surface area (TPSA) is 42.8 Å². The zero-order valence-corrected chi connectivity index (χ0v) is 12.7. The molecule has 1 heterocycles. The molecule has 4 heteroatoms. The Morgan fingerprint density at radius 3 is 2.70 bits per heavy atom. The van der Waals surface area contributed by atoms with Crippen molar-refractivity contribution in [3.8, 4) is 0 Å². The molecule has 1 radical (unpaired) electrons. The highest BCUT2D eigenvalue weighted by Crippen LogP contribution is 2.30. The van der Waals surface area contributed by atoms with Gasteiger partial charge in [-0.25, -0.2) is 0 Å². The molecule has 0 aromatic carbocycles. The van der Waals surface area contributed by atoms with E-state index in [1.807, 2.05) is 12.5 Å². The molecule has 0 bridgehead atoms. The van der Waals surface area contributed by atoms with Crippen LogP contribution in [0.15, 0.2) is 39.9 Å². The minimum atomic E-state index is 0. The van der Waals surface area contributed by atoms with Crippen molar-refractivity contribution in [1.29, 1.82) is 0 Å². The van der Waals surface area contributed by atoms with Crippen molar-refractivity contribution in [2.75, 3.05) is 20.8 Å². The van der Waals surface area contributed by atoms with Crippen LogP contribution in [0.25, 0.3) is 0 Å². The molecule has 0 aromatic rings. The van der Waals surface area contributed by atoms with Crippen LogP contribution in [-0.4, -0.2) is 32.5 Å². The summed E-state index contributed by atoms with van der Waals surface area (Å²) < 4.78 is 10.7. The van der Waals surface area contributed by atoms with Crippen LogP contribution in [0.2, 0.25) is 0 Å². The van der Waals surface area contributed by atoms with Gasteiger partial charge in [-0.1, -0.05) is 13.8 Å². The van der Waals surface area contributed by atoms with Crippen LogP contribution in [0.4, 0.5) is 0 Å². The van der Waals surface area contributed by atoms with E-state index < -0.39 is 0 Å². The predicted molar refractivity (Wildman–Crippen MR) is 85.5 cm³/mol. The summed E-state index contributed by atoms with van der Waals surface area (Å²) in [6.07, 6.45) is 8.02. The van der Waals surface area contributed by atoms with Crippen molar-refractivity contribution in [1.82, 2.24) is 5.32 Å². The van der Waals surface area contributed by atoms with Gasteiger partial charge >= 0.3 is 0 Å². The number of nitrogens with zero attached hydrogens (tertiary/aromatic N) is 1. The lowest BCUT2D eigenvalue weighted by Gasteiger charge is -2.16. The molecule has 0 spiro atoms. The second-order valence-electron chi connectivity index (χ2n) is 5.22. The van der Waals surface area contributed by atoms with E-state index in [0.717, 1.165) is 47.9 Å². The van der Waals surface area contributed by atoms with Crippen LogP contribution >= 0.6 is 0 Å². The van der Waals surface area contributed by atoms with Gasteiger partial charge in [0.2, 0.25) is 0 Å². The van der Waals surface area contributed by atoms with E-state index in [4.69, 9.17) is 9.47 Å². The number of aliphatic imine (C=N–C) groups is 1. The van der Waals surface area contributed by atoms with E-state index in [-0.39, 0.29) is 2.85 Å². The number of fused-ring (bicyclic) bond motifs is 1. The molecule has 0 aromatic heterocycles. The minimum Gasteiger partial charge on any atom is -0.500 e. The van der Waals surface area contributed by atoms with Crippen molar-refractivity contribution in [3.05, 3.63) is 41.4 Å². The first kappa shape index (κ1) is 14.9. The van der Waals surface area contributed by atoms with Gasteiger partial charge in [-0.2, -0.15) is 0 Å². The zero-order valence-electron chi connectivity index (χ0n) is 12.7. The SMILES string of the molecule is COC1=CC2=NC(CCCNC(C)C)=CC2=C(OC)[CH]1.[HH].[HH].